The van der Waals surface area contributed by atoms with Crippen molar-refractivity contribution in [2.24, 2.45) is 0 Å². The van der Waals surface area contributed by atoms with E-state index in [9.17, 15) is 0 Å². The van der Waals surface area contributed by atoms with E-state index in [0.29, 0.717) is 24.7 Å². The molecule has 3 aromatic rings. The van der Waals surface area contributed by atoms with Gasteiger partial charge in [-0.15, -0.1) is 0 Å². The summed E-state index contributed by atoms with van der Waals surface area (Å²) in [7, 11) is 3.23. The van der Waals surface area contributed by atoms with Crippen LogP contribution in [0.1, 0.15) is 0 Å². The fourth-order valence-electron chi connectivity index (χ4n) is 2.37. The van der Waals surface area contributed by atoms with E-state index in [0.717, 1.165) is 22.5 Å². The van der Waals surface area contributed by atoms with Crippen LogP contribution in [0.25, 0.3) is 10.9 Å². The molecule has 0 saturated carbocycles. The second-order valence-electron chi connectivity index (χ2n) is 5.03. The van der Waals surface area contributed by atoms with Crippen LogP contribution in [-0.4, -0.2) is 37.3 Å². The minimum atomic E-state index is 0.460. The van der Waals surface area contributed by atoms with Crippen molar-refractivity contribution in [3.63, 3.8) is 0 Å². The summed E-state index contributed by atoms with van der Waals surface area (Å²) in [5.41, 5.74) is 0.908. The molecule has 124 valence electrons. The predicted octanol–water partition coefficient (Wildman–Crippen LogP) is 3.14. The molecule has 2 aromatic carbocycles. The summed E-state index contributed by atoms with van der Waals surface area (Å²) in [6.07, 6.45) is 1.55. The molecule has 1 aromatic heterocycles. The number of rotatable bonds is 7. The van der Waals surface area contributed by atoms with Gasteiger partial charge in [-0.2, -0.15) is 0 Å². The van der Waals surface area contributed by atoms with Gasteiger partial charge in [-0.25, -0.2) is 9.97 Å². The van der Waals surface area contributed by atoms with Crippen LogP contribution in [0.3, 0.4) is 0 Å². The molecule has 0 atom stereocenters. The number of para-hydroxylation sites is 1. The van der Waals surface area contributed by atoms with Crippen molar-refractivity contribution < 1.29 is 14.2 Å². The lowest BCUT2D eigenvalue weighted by molar-refractivity contribution is 0.302. The molecular formula is C18H19N3O3. The Bertz CT molecular complexity index is 818. The Balaban J connectivity index is 1.63. The smallest absolute Gasteiger partial charge is 0.164 e. The van der Waals surface area contributed by atoms with Crippen LogP contribution < -0.4 is 19.5 Å². The van der Waals surface area contributed by atoms with Gasteiger partial charge in [0.2, 0.25) is 0 Å². The van der Waals surface area contributed by atoms with E-state index in [2.05, 4.69) is 15.3 Å². The monoisotopic (exact) mass is 325 g/mol. The number of aromatic nitrogens is 2. The first-order chi connectivity index (χ1) is 11.8. The van der Waals surface area contributed by atoms with Crippen molar-refractivity contribution >= 4 is 16.7 Å². The molecule has 0 radical (unpaired) electrons. The molecular weight excluding hydrogens is 306 g/mol. The maximum Gasteiger partial charge on any atom is 0.164 e. The van der Waals surface area contributed by atoms with Crippen LogP contribution in [0.15, 0.2) is 48.8 Å². The Morgan fingerprint density at radius 2 is 1.83 bits per heavy atom. The van der Waals surface area contributed by atoms with Gasteiger partial charge < -0.3 is 19.5 Å². The number of ether oxygens (including phenoxy) is 3. The van der Waals surface area contributed by atoms with E-state index in [-0.39, 0.29) is 0 Å². The largest absolute Gasteiger partial charge is 0.497 e. The number of fused-ring (bicyclic) bond motifs is 1. The number of nitrogens with zero attached hydrogens (tertiary/aromatic N) is 2. The Labute approximate surface area is 140 Å². The van der Waals surface area contributed by atoms with Gasteiger partial charge in [-0.05, 0) is 24.3 Å². The average Bonchev–Trinajstić information content (AvgIpc) is 2.65. The van der Waals surface area contributed by atoms with E-state index in [4.69, 9.17) is 14.2 Å². The lowest BCUT2D eigenvalue weighted by atomic mass is 10.2. The lowest BCUT2D eigenvalue weighted by Crippen LogP contribution is -2.13. The highest BCUT2D eigenvalue weighted by Crippen LogP contribution is 2.31. The fourth-order valence-corrected chi connectivity index (χ4v) is 2.37. The van der Waals surface area contributed by atoms with Crippen LogP contribution in [0.2, 0.25) is 0 Å². The van der Waals surface area contributed by atoms with Crippen molar-refractivity contribution in [1.82, 2.24) is 9.97 Å². The normalized spacial score (nSPS) is 10.4. The van der Waals surface area contributed by atoms with Crippen LogP contribution in [0, 0.1) is 0 Å². The standard InChI is InChI=1S/C18H19N3O3/c1-22-13-7-8-16(23-2)17(11-13)24-10-9-19-18-14-5-3-4-6-15(14)20-12-21-18/h3-8,11-12H,9-10H2,1-2H3,(H,19,20,21). The molecule has 6 nitrogen and oxygen atoms in total. The van der Waals surface area contributed by atoms with Crippen LogP contribution in [-0.2, 0) is 0 Å². The number of methoxy groups -OCH3 is 2. The molecule has 0 aliphatic heterocycles. The highest BCUT2D eigenvalue weighted by molar-refractivity contribution is 5.88. The first-order valence-corrected chi connectivity index (χ1v) is 7.60. The number of hydrogen-bond acceptors (Lipinski definition) is 6. The van der Waals surface area contributed by atoms with Crippen molar-refractivity contribution in [3.8, 4) is 17.2 Å². The van der Waals surface area contributed by atoms with E-state index in [1.807, 2.05) is 36.4 Å². The minimum Gasteiger partial charge on any atom is -0.497 e. The van der Waals surface area contributed by atoms with Gasteiger partial charge in [-0.1, -0.05) is 12.1 Å². The van der Waals surface area contributed by atoms with Gasteiger partial charge in [0, 0.05) is 11.5 Å². The van der Waals surface area contributed by atoms with Gasteiger partial charge in [0.15, 0.2) is 11.5 Å². The highest BCUT2D eigenvalue weighted by Gasteiger charge is 2.07. The van der Waals surface area contributed by atoms with Gasteiger partial charge >= 0.3 is 0 Å². The maximum atomic E-state index is 5.79. The predicted molar refractivity (Wildman–Crippen MR) is 93.1 cm³/mol. The zero-order valence-corrected chi connectivity index (χ0v) is 13.7. The maximum absolute atomic E-state index is 5.79. The molecule has 0 bridgehead atoms. The van der Waals surface area contributed by atoms with Gasteiger partial charge in [-0.3, -0.25) is 0 Å². The van der Waals surface area contributed by atoms with E-state index >= 15 is 0 Å². The quantitative estimate of drug-likeness (QED) is 0.673. The average molecular weight is 325 g/mol. The first kappa shape index (κ1) is 15.9. The van der Waals surface area contributed by atoms with Gasteiger partial charge in [0.25, 0.3) is 0 Å². The topological polar surface area (TPSA) is 65.5 Å². The number of hydrogen-bond donors (Lipinski definition) is 1. The van der Waals surface area contributed by atoms with Crippen molar-refractivity contribution in [2.75, 3.05) is 32.7 Å². The molecule has 0 aliphatic rings. The van der Waals surface area contributed by atoms with Crippen molar-refractivity contribution in [2.45, 2.75) is 0 Å². The molecule has 0 unspecified atom stereocenters. The molecule has 0 fully saturated rings. The third-order valence-corrected chi connectivity index (χ3v) is 3.57. The summed E-state index contributed by atoms with van der Waals surface area (Å²) in [5.74, 6) is 2.83. The number of benzene rings is 2. The number of anilines is 1. The second kappa shape index (κ2) is 7.50. The molecule has 0 amide bonds. The highest BCUT2D eigenvalue weighted by atomic mass is 16.5. The molecule has 6 heteroatoms. The molecule has 1 N–H and O–H groups in total. The molecule has 1 heterocycles. The Morgan fingerprint density at radius 3 is 2.67 bits per heavy atom. The second-order valence-corrected chi connectivity index (χ2v) is 5.03. The Kier molecular flexibility index (Phi) is 4.96. The van der Waals surface area contributed by atoms with Crippen LogP contribution in [0.5, 0.6) is 17.2 Å². The SMILES string of the molecule is COc1ccc(OC)c(OCCNc2ncnc3ccccc23)c1. The Morgan fingerprint density at radius 1 is 0.958 bits per heavy atom. The molecule has 24 heavy (non-hydrogen) atoms. The third-order valence-electron chi connectivity index (χ3n) is 3.57. The van der Waals surface area contributed by atoms with Crippen LogP contribution >= 0.6 is 0 Å². The first-order valence-electron chi connectivity index (χ1n) is 7.60. The Hall–Kier alpha value is -3.02. The zero-order chi connectivity index (χ0) is 16.8. The summed E-state index contributed by atoms with van der Waals surface area (Å²) in [4.78, 5) is 8.54. The summed E-state index contributed by atoms with van der Waals surface area (Å²) < 4.78 is 16.3. The molecule has 0 saturated heterocycles. The summed E-state index contributed by atoms with van der Waals surface area (Å²) in [5, 5.41) is 4.26. The van der Waals surface area contributed by atoms with E-state index < -0.39 is 0 Å². The van der Waals surface area contributed by atoms with Crippen molar-refractivity contribution in [1.29, 1.82) is 0 Å². The fraction of sp³-hybridized carbons (Fsp3) is 0.222. The molecule has 3 rings (SSSR count). The van der Waals surface area contributed by atoms with Gasteiger partial charge in [0.05, 0.1) is 26.3 Å². The minimum absolute atomic E-state index is 0.460. The summed E-state index contributed by atoms with van der Waals surface area (Å²) in [6, 6.07) is 13.3. The molecule has 0 spiro atoms. The lowest BCUT2D eigenvalue weighted by Gasteiger charge is -2.13. The zero-order valence-electron chi connectivity index (χ0n) is 13.7. The van der Waals surface area contributed by atoms with E-state index in [1.54, 1.807) is 26.6 Å². The summed E-state index contributed by atoms with van der Waals surface area (Å²) in [6.45, 7) is 1.06. The van der Waals surface area contributed by atoms with Gasteiger partial charge in [0.1, 0.15) is 24.5 Å². The van der Waals surface area contributed by atoms with E-state index in [1.165, 1.54) is 0 Å². The summed E-state index contributed by atoms with van der Waals surface area (Å²) >= 11 is 0. The molecule has 0 aliphatic carbocycles. The van der Waals surface area contributed by atoms with Crippen molar-refractivity contribution in [3.05, 3.63) is 48.8 Å². The van der Waals surface area contributed by atoms with Crippen LogP contribution in [0.4, 0.5) is 5.82 Å². The third kappa shape index (κ3) is 3.48. The number of nitrogens with one attached hydrogen (secondary N) is 1.